The normalized spacial score (nSPS) is 27.1. The molecule has 0 aromatic carbocycles. The summed E-state index contributed by atoms with van der Waals surface area (Å²) in [6.07, 6.45) is 1.18. The van der Waals surface area contributed by atoms with Gasteiger partial charge >= 0.3 is 0 Å². The summed E-state index contributed by atoms with van der Waals surface area (Å²) in [5.74, 6) is -0.0518. The third-order valence-electron chi connectivity index (χ3n) is 4.09. The maximum atomic E-state index is 12.6. The molecule has 0 saturated carbocycles. The predicted octanol–water partition coefficient (Wildman–Crippen LogP) is 0.251. The van der Waals surface area contributed by atoms with E-state index in [1.165, 1.54) is 21.9 Å². The van der Waals surface area contributed by atoms with Crippen LogP contribution in [-0.4, -0.2) is 81.4 Å². The first kappa shape index (κ1) is 16.8. The first-order valence-electron chi connectivity index (χ1n) is 7.38. The summed E-state index contributed by atoms with van der Waals surface area (Å²) in [7, 11) is -3.33. The van der Waals surface area contributed by atoms with E-state index >= 15 is 0 Å². The smallest absolute Gasteiger partial charge is 0.254 e. The molecule has 2 saturated heterocycles. The van der Waals surface area contributed by atoms with E-state index in [4.69, 9.17) is 9.47 Å². The summed E-state index contributed by atoms with van der Waals surface area (Å²) >= 11 is 1.48. The van der Waals surface area contributed by atoms with Crippen molar-refractivity contribution in [2.45, 2.75) is 5.60 Å². The molecule has 128 valence electrons. The van der Waals surface area contributed by atoms with Crippen molar-refractivity contribution in [3.63, 3.8) is 0 Å². The van der Waals surface area contributed by atoms with E-state index in [1.54, 1.807) is 11.0 Å². The molecule has 1 unspecified atom stereocenters. The van der Waals surface area contributed by atoms with Gasteiger partial charge in [0.25, 0.3) is 5.91 Å². The fraction of sp³-hybridized carbons (Fsp3) is 0.643. The van der Waals surface area contributed by atoms with Gasteiger partial charge in [-0.05, 0) is 11.4 Å². The zero-order valence-corrected chi connectivity index (χ0v) is 14.6. The maximum Gasteiger partial charge on any atom is 0.254 e. The minimum Gasteiger partial charge on any atom is -0.377 e. The van der Waals surface area contributed by atoms with Crippen molar-refractivity contribution in [1.82, 2.24) is 9.21 Å². The second kappa shape index (κ2) is 6.48. The molecule has 1 aromatic heterocycles. The van der Waals surface area contributed by atoms with E-state index in [1.807, 2.05) is 10.8 Å². The molecule has 0 N–H and O–H groups in total. The summed E-state index contributed by atoms with van der Waals surface area (Å²) in [5, 5.41) is 3.68. The van der Waals surface area contributed by atoms with Crippen molar-refractivity contribution in [3.05, 3.63) is 22.4 Å². The average Bonchev–Trinajstić information content (AvgIpc) is 2.95. The standard InChI is InChI=1S/C14H20N2O5S2/c1-23(18,19)16-4-5-20-11-14(10-16)9-15(3-6-21-14)13(17)12-2-7-22-8-12/h2,7-8H,3-6,9-11H2,1H3. The molecule has 0 aliphatic carbocycles. The van der Waals surface area contributed by atoms with Gasteiger partial charge in [0, 0.05) is 25.0 Å². The highest BCUT2D eigenvalue weighted by molar-refractivity contribution is 7.88. The summed E-state index contributed by atoms with van der Waals surface area (Å²) in [6.45, 7) is 2.32. The van der Waals surface area contributed by atoms with Crippen LogP contribution >= 0.6 is 11.3 Å². The maximum absolute atomic E-state index is 12.6. The SMILES string of the molecule is CS(=O)(=O)N1CCOCC2(CN(C(=O)c3ccsc3)CCO2)C1. The molecule has 9 heteroatoms. The number of hydrogen-bond donors (Lipinski definition) is 0. The molecule has 0 radical (unpaired) electrons. The minimum absolute atomic E-state index is 0.0518. The molecular formula is C14H20N2O5S2. The van der Waals surface area contributed by atoms with Crippen molar-refractivity contribution in [3.8, 4) is 0 Å². The number of carbonyl (C=O) groups excluding carboxylic acids is 1. The van der Waals surface area contributed by atoms with Gasteiger partial charge in [0.15, 0.2) is 0 Å². The van der Waals surface area contributed by atoms with Crippen LogP contribution < -0.4 is 0 Å². The summed E-state index contributed by atoms with van der Waals surface area (Å²) in [5.41, 5.74) is -0.148. The van der Waals surface area contributed by atoms with E-state index in [2.05, 4.69) is 0 Å². The minimum atomic E-state index is -3.33. The molecule has 1 spiro atoms. The fourth-order valence-electron chi connectivity index (χ4n) is 2.92. The lowest BCUT2D eigenvalue weighted by Gasteiger charge is -2.42. The van der Waals surface area contributed by atoms with Crippen LogP contribution in [0.2, 0.25) is 0 Å². The molecule has 23 heavy (non-hydrogen) atoms. The number of nitrogens with zero attached hydrogens (tertiary/aromatic N) is 2. The Balaban J connectivity index is 1.79. The third-order valence-corrected chi connectivity index (χ3v) is 6.02. The molecule has 2 aliphatic heterocycles. The average molecular weight is 360 g/mol. The van der Waals surface area contributed by atoms with Crippen molar-refractivity contribution in [1.29, 1.82) is 0 Å². The first-order chi connectivity index (χ1) is 10.9. The zero-order chi connectivity index (χ0) is 16.5. The monoisotopic (exact) mass is 360 g/mol. The Labute approximate surface area is 139 Å². The number of thiophene rings is 1. The van der Waals surface area contributed by atoms with Gasteiger partial charge in [0.2, 0.25) is 10.0 Å². The van der Waals surface area contributed by atoms with Gasteiger partial charge in [0.05, 0.1) is 38.2 Å². The molecule has 3 heterocycles. The van der Waals surface area contributed by atoms with Gasteiger partial charge in [0.1, 0.15) is 5.60 Å². The van der Waals surface area contributed by atoms with Crippen LogP contribution in [0, 0.1) is 0 Å². The van der Waals surface area contributed by atoms with E-state index in [0.717, 1.165) is 0 Å². The summed E-state index contributed by atoms with van der Waals surface area (Å²) in [6, 6.07) is 1.79. The van der Waals surface area contributed by atoms with Crippen LogP contribution in [0.5, 0.6) is 0 Å². The fourth-order valence-corrected chi connectivity index (χ4v) is 4.43. The van der Waals surface area contributed by atoms with Crippen LogP contribution in [0.25, 0.3) is 0 Å². The van der Waals surface area contributed by atoms with Gasteiger partial charge in [-0.2, -0.15) is 15.6 Å². The molecule has 1 aromatic rings. The number of rotatable bonds is 2. The van der Waals surface area contributed by atoms with Gasteiger partial charge in [-0.25, -0.2) is 8.42 Å². The molecular weight excluding hydrogens is 340 g/mol. The van der Waals surface area contributed by atoms with E-state index < -0.39 is 15.6 Å². The first-order valence-corrected chi connectivity index (χ1v) is 10.2. The summed E-state index contributed by atoms with van der Waals surface area (Å²) in [4.78, 5) is 14.3. The number of carbonyl (C=O) groups is 1. The van der Waals surface area contributed by atoms with Gasteiger partial charge < -0.3 is 14.4 Å². The largest absolute Gasteiger partial charge is 0.377 e. The van der Waals surface area contributed by atoms with Crippen LogP contribution in [-0.2, 0) is 19.5 Å². The second-order valence-electron chi connectivity index (χ2n) is 5.92. The van der Waals surface area contributed by atoms with Gasteiger partial charge in [-0.15, -0.1) is 0 Å². The second-order valence-corrected chi connectivity index (χ2v) is 8.68. The van der Waals surface area contributed by atoms with E-state index in [0.29, 0.717) is 38.4 Å². The Morgan fingerprint density at radius 3 is 2.83 bits per heavy atom. The highest BCUT2D eigenvalue weighted by Crippen LogP contribution is 2.25. The Kier molecular flexibility index (Phi) is 4.75. The Morgan fingerprint density at radius 1 is 1.30 bits per heavy atom. The van der Waals surface area contributed by atoms with Crippen molar-refractivity contribution in [2.75, 3.05) is 52.3 Å². The summed E-state index contributed by atoms with van der Waals surface area (Å²) < 4.78 is 36.6. The highest BCUT2D eigenvalue weighted by atomic mass is 32.2. The van der Waals surface area contributed by atoms with E-state index in [-0.39, 0.29) is 19.1 Å². The predicted molar refractivity (Wildman–Crippen MR) is 86.1 cm³/mol. The highest BCUT2D eigenvalue weighted by Gasteiger charge is 2.43. The van der Waals surface area contributed by atoms with Gasteiger partial charge in [-0.3, -0.25) is 4.79 Å². The van der Waals surface area contributed by atoms with Crippen molar-refractivity contribution >= 4 is 27.3 Å². The lowest BCUT2D eigenvalue weighted by Crippen LogP contribution is -2.60. The van der Waals surface area contributed by atoms with Crippen LogP contribution in [0.3, 0.4) is 0 Å². The Hall–Kier alpha value is -1.00. The molecule has 2 fully saturated rings. The lowest BCUT2D eigenvalue weighted by molar-refractivity contribution is -0.129. The number of morpholine rings is 1. The molecule has 0 bridgehead atoms. The molecule has 3 rings (SSSR count). The number of ether oxygens (including phenoxy) is 2. The van der Waals surface area contributed by atoms with E-state index in [9.17, 15) is 13.2 Å². The molecule has 2 aliphatic rings. The third kappa shape index (κ3) is 3.74. The number of sulfonamides is 1. The Morgan fingerprint density at radius 2 is 2.13 bits per heavy atom. The van der Waals surface area contributed by atoms with Crippen molar-refractivity contribution < 1.29 is 22.7 Å². The topological polar surface area (TPSA) is 76.2 Å². The molecule has 7 nitrogen and oxygen atoms in total. The zero-order valence-electron chi connectivity index (χ0n) is 12.9. The van der Waals surface area contributed by atoms with Crippen LogP contribution in [0.1, 0.15) is 10.4 Å². The Bertz CT molecular complexity index is 661. The quantitative estimate of drug-likeness (QED) is 0.756. The van der Waals surface area contributed by atoms with Gasteiger partial charge in [-0.1, -0.05) is 0 Å². The van der Waals surface area contributed by atoms with Crippen molar-refractivity contribution in [2.24, 2.45) is 0 Å². The van der Waals surface area contributed by atoms with Crippen LogP contribution in [0.15, 0.2) is 16.8 Å². The lowest BCUT2D eigenvalue weighted by atomic mass is 10.0. The van der Waals surface area contributed by atoms with Crippen LogP contribution in [0.4, 0.5) is 0 Å². The molecule has 1 atom stereocenters. The number of amides is 1. The molecule has 1 amide bonds. The number of hydrogen-bond acceptors (Lipinski definition) is 6.